The summed E-state index contributed by atoms with van der Waals surface area (Å²) in [5, 5.41) is 0.153. The van der Waals surface area contributed by atoms with Gasteiger partial charge in [-0.15, -0.1) is 0 Å². The lowest BCUT2D eigenvalue weighted by Gasteiger charge is -2.15. The van der Waals surface area contributed by atoms with Crippen molar-refractivity contribution in [2.45, 2.75) is 44.8 Å². The topological polar surface area (TPSA) is 17.1 Å². The van der Waals surface area contributed by atoms with E-state index in [2.05, 4.69) is 6.92 Å². The highest BCUT2D eigenvalue weighted by Gasteiger charge is 2.18. The van der Waals surface area contributed by atoms with Gasteiger partial charge in [-0.3, -0.25) is 4.79 Å². The van der Waals surface area contributed by atoms with Gasteiger partial charge in [-0.1, -0.05) is 41.4 Å². The van der Waals surface area contributed by atoms with Gasteiger partial charge in [0.05, 0.1) is 5.25 Å². The number of unbranched alkanes of at least 4 members (excludes halogenated alkanes) is 2. The van der Waals surface area contributed by atoms with Crippen LogP contribution in [0.1, 0.15) is 39.5 Å². The first-order chi connectivity index (χ1) is 6.24. The Balaban J connectivity index is 2.34. The summed E-state index contributed by atoms with van der Waals surface area (Å²) < 4.78 is 0. The maximum Gasteiger partial charge on any atom is 0.170 e. The summed E-state index contributed by atoms with van der Waals surface area (Å²) in [7, 11) is 3.47. The summed E-state index contributed by atoms with van der Waals surface area (Å²) in [5.41, 5.74) is 0. The van der Waals surface area contributed by atoms with Gasteiger partial charge in [-0.25, -0.2) is 0 Å². The van der Waals surface area contributed by atoms with Crippen molar-refractivity contribution >= 4 is 27.4 Å². The zero-order valence-corrected chi connectivity index (χ0v) is 9.84. The normalized spacial score (nSPS) is 23.1. The van der Waals surface area contributed by atoms with Crippen molar-refractivity contribution in [1.29, 1.82) is 0 Å². The molecule has 0 fully saturated rings. The molecule has 0 amide bonds. The maximum atomic E-state index is 11.3. The largest absolute Gasteiger partial charge is 0.294 e. The van der Waals surface area contributed by atoms with Crippen LogP contribution >= 0.6 is 21.6 Å². The Kier molecular flexibility index (Phi) is 4.96. The van der Waals surface area contributed by atoms with Crippen LogP contribution < -0.4 is 0 Å². The Hall–Kier alpha value is 0.110. The molecule has 0 spiro atoms. The monoisotopic (exact) mass is 216 g/mol. The smallest absolute Gasteiger partial charge is 0.170 e. The summed E-state index contributed by atoms with van der Waals surface area (Å²) in [6.07, 6.45) is 6.66. The summed E-state index contributed by atoms with van der Waals surface area (Å²) >= 11 is 0. The Morgan fingerprint density at radius 2 is 2.23 bits per heavy atom. The fourth-order valence-corrected chi connectivity index (χ4v) is 3.45. The lowest BCUT2D eigenvalue weighted by molar-refractivity contribution is -0.113. The average molecular weight is 216 g/mol. The minimum absolute atomic E-state index is 0.153. The van der Waals surface area contributed by atoms with Gasteiger partial charge < -0.3 is 0 Å². The van der Waals surface area contributed by atoms with Crippen LogP contribution in [0.15, 0.2) is 11.0 Å². The summed E-state index contributed by atoms with van der Waals surface area (Å²) in [6.45, 7) is 4.17. The number of hydrogen-bond acceptors (Lipinski definition) is 3. The van der Waals surface area contributed by atoms with Crippen molar-refractivity contribution in [3.8, 4) is 0 Å². The van der Waals surface area contributed by atoms with Gasteiger partial charge in [0.1, 0.15) is 0 Å². The molecule has 0 aromatic rings. The molecular formula is C10H16OS2. The van der Waals surface area contributed by atoms with E-state index in [-0.39, 0.29) is 11.0 Å². The van der Waals surface area contributed by atoms with Crippen molar-refractivity contribution in [3.63, 3.8) is 0 Å². The van der Waals surface area contributed by atoms with E-state index in [1.165, 1.54) is 24.2 Å². The lowest BCUT2D eigenvalue weighted by Crippen LogP contribution is -2.12. The molecule has 1 rings (SSSR count). The Bertz CT molecular complexity index is 211. The Labute approximate surface area is 88.1 Å². The van der Waals surface area contributed by atoms with Crippen molar-refractivity contribution in [2.24, 2.45) is 0 Å². The lowest BCUT2D eigenvalue weighted by atomic mass is 10.2. The summed E-state index contributed by atoms with van der Waals surface area (Å²) in [4.78, 5) is 12.6. The molecule has 3 heteroatoms. The number of ketones is 1. The van der Waals surface area contributed by atoms with Gasteiger partial charge >= 0.3 is 0 Å². The molecule has 1 aliphatic rings. The zero-order valence-electron chi connectivity index (χ0n) is 8.21. The number of hydrogen-bond donors (Lipinski definition) is 0. The molecular weight excluding hydrogens is 200 g/mol. The molecule has 1 heterocycles. The molecule has 0 saturated carbocycles. The average Bonchev–Trinajstić information content (AvgIpc) is 2.12. The van der Waals surface area contributed by atoms with Crippen LogP contribution in [0, 0.1) is 0 Å². The predicted molar refractivity (Wildman–Crippen MR) is 61.9 cm³/mol. The zero-order chi connectivity index (χ0) is 9.68. The van der Waals surface area contributed by atoms with Gasteiger partial charge in [0, 0.05) is 0 Å². The van der Waals surface area contributed by atoms with Crippen LogP contribution in [0.2, 0.25) is 0 Å². The Morgan fingerprint density at radius 3 is 2.85 bits per heavy atom. The van der Waals surface area contributed by atoms with Crippen molar-refractivity contribution in [2.75, 3.05) is 0 Å². The van der Waals surface area contributed by atoms with Gasteiger partial charge in [0.25, 0.3) is 0 Å². The van der Waals surface area contributed by atoms with E-state index < -0.39 is 0 Å². The van der Waals surface area contributed by atoms with E-state index in [9.17, 15) is 4.79 Å². The minimum atomic E-state index is 0.153. The molecule has 0 bridgehead atoms. The highest BCUT2D eigenvalue weighted by molar-refractivity contribution is 8.78. The maximum absolute atomic E-state index is 11.3. The van der Waals surface area contributed by atoms with Crippen molar-refractivity contribution < 1.29 is 4.79 Å². The number of carbonyl (C=O) groups is 1. The van der Waals surface area contributed by atoms with Crippen LogP contribution in [-0.2, 0) is 4.79 Å². The third-order valence-electron chi connectivity index (χ3n) is 2.03. The molecule has 0 N–H and O–H groups in total. The second-order valence-corrected chi connectivity index (χ2v) is 5.96. The first-order valence-corrected chi connectivity index (χ1v) is 7.03. The molecule has 13 heavy (non-hydrogen) atoms. The molecule has 1 unspecified atom stereocenters. The van der Waals surface area contributed by atoms with E-state index in [1.54, 1.807) is 21.6 Å². The molecule has 0 aliphatic carbocycles. The second kappa shape index (κ2) is 5.76. The minimum Gasteiger partial charge on any atom is -0.294 e. The highest BCUT2D eigenvalue weighted by Crippen LogP contribution is 2.40. The quantitative estimate of drug-likeness (QED) is 0.525. The SMILES string of the molecule is CCCCCC1=CC(=O)C(C)SS1. The van der Waals surface area contributed by atoms with Crippen LogP contribution in [0.5, 0.6) is 0 Å². The standard InChI is InChI=1S/C10H16OS2/c1-3-4-5-6-9-7-10(11)8(2)12-13-9/h7-8H,3-6H2,1-2H3. The highest BCUT2D eigenvalue weighted by atomic mass is 33.1. The number of carbonyl (C=O) groups excluding carboxylic acids is 1. The molecule has 74 valence electrons. The van der Waals surface area contributed by atoms with E-state index >= 15 is 0 Å². The predicted octanol–water partition coefficient (Wildman–Crippen LogP) is 3.80. The van der Waals surface area contributed by atoms with Crippen LogP contribution in [0.25, 0.3) is 0 Å². The first-order valence-electron chi connectivity index (χ1n) is 4.81. The molecule has 0 aromatic heterocycles. The van der Waals surface area contributed by atoms with E-state index in [0.717, 1.165) is 6.42 Å². The van der Waals surface area contributed by atoms with Gasteiger partial charge in [-0.05, 0) is 30.7 Å². The molecule has 1 aliphatic heterocycles. The van der Waals surface area contributed by atoms with Gasteiger partial charge in [0.2, 0.25) is 0 Å². The third-order valence-corrected chi connectivity index (χ3v) is 4.98. The van der Waals surface area contributed by atoms with Gasteiger partial charge in [0.15, 0.2) is 5.78 Å². The molecule has 0 saturated heterocycles. The fourth-order valence-electron chi connectivity index (χ4n) is 1.14. The first kappa shape index (κ1) is 11.2. The second-order valence-electron chi connectivity index (χ2n) is 3.29. The number of allylic oxidation sites excluding steroid dienone is 2. The third kappa shape index (κ3) is 3.77. The molecule has 1 nitrogen and oxygen atoms in total. The fraction of sp³-hybridized carbons (Fsp3) is 0.700. The van der Waals surface area contributed by atoms with Crippen LogP contribution in [0.4, 0.5) is 0 Å². The number of rotatable bonds is 4. The van der Waals surface area contributed by atoms with E-state index in [1.807, 2.05) is 13.0 Å². The molecule has 0 radical (unpaired) electrons. The van der Waals surface area contributed by atoms with Crippen molar-refractivity contribution in [3.05, 3.63) is 11.0 Å². The van der Waals surface area contributed by atoms with Gasteiger partial charge in [-0.2, -0.15) is 0 Å². The van der Waals surface area contributed by atoms with E-state index in [0.29, 0.717) is 0 Å². The Morgan fingerprint density at radius 1 is 1.46 bits per heavy atom. The summed E-state index contributed by atoms with van der Waals surface area (Å²) in [5.74, 6) is 0.287. The van der Waals surface area contributed by atoms with Crippen molar-refractivity contribution in [1.82, 2.24) is 0 Å². The molecule has 0 aromatic carbocycles. The van der Waals surface area contributed by atoms with E-state index in [4.69, 9.17) is 0 Å². The van der Waals surface area contributed by atoms with Crippen LogP contribution in [0.3, 0.4) is 0 Å². The summed E-state index contributed by atoms with van der Waals surface area (Å²) in [6, 6.07) is 0. The molecule has 1 atom stereocenters. The van der Waals surface area contributed by atoms with Crippen LogP contribution in [-0.4, -0.2) is 11.0 Å².